The monoisotopic (exact) mass is 282 g/mol. The van der Waals surface area contributed by atoms with Crippen molar-refractivity contribution in [3.05, 3.63) is 52.1 Å². The van der Waals surface area contributed by atoms with E-state index in [4.69, 9.17) is 0 Å². The fourth-order valence-corrected chi connectivity index (χ4v) is 2.63. The predicted molar refractivity (Wildman–Crippen MR) is 85.6 cm³/mol. The highest BCUT2D eigenvalue weighted by Gasteiger charge is 2.20. The van der Waals surface area contributed by atoms with E-state index in [1.165, 1.54) is 24.8 Å². The van der Waals surface area contributed by atoms with E-state index >= 15 is 0 Å². The molecule has 2 aromatic rings. The van der Waals surface area contributed by atoms with Gasteiger partial charge in [0.25, 0.3) is 5.56 Å². The zero-order valence-electron chi connectivity index (χ0n) is 12.9. The molecule has 1 aromatic carbocycles. The van der Waals surface area contributed by atoms with Crippen LogP contribution in [0.5, 0.6) is 0 Å². The van der Waals surface area contributed by atoms with Gasteiger partial charge in [-0.3, -0.25) is 4.79 Å². The normalized spacial score (nSPS) is 15.8. The minimum atomic E-state index is -0.166. The average Bonchev–Trinajstić information content (AvgIpc) is 2.36. The Morgan fingerprint density at radius 3 is 2.33 bits per heavy atom. The van der Waals surface area contributed by atoms with Crippen LogP contribution in [0, 0.1) is 0 Å². The minimum Gasteiger partial charge on any atom is -0.310 e. The largest absolute Gasteiger partial charge is 0.310 e. The van der Waals surface area contributed by atoms with E-state index in [0.29, 0.717) is 0 Å². The number of nitrogens with one attached hydrogen (secondary N) is 1. The first kappa shape index (κ1) is 14.1. The zero-order valence-corrected chi connectivity index (χ0v) is 12.9. The second-order valence-electron chi connectivity index (χ2n) is 6.98. The Labute approximate surface area is 125 Å². The van der Waals surface area contributed by atoms with Gasteiger partial charge in [0.05, 0.1) is 5.69 Å². The van der Waals surface area contributed by atoms with Crippen molar-refractivity contribution >= 4 is 0 Å². The van der Waals surface area contributed by atoms with E-state index < -0.39 is 0 Å². The Morgan fingerprint density at radius 2 is 1.81 bits per heavy atom. The lowest BCUT2D eigenvalue weighted by molar-refractivity contribution is 0.420. The molecule has 1 aliphatic rings. The number of H-pyrrole nitrogens is 1. The van der Waals surface area contributed by atoms with Gasteiger partial charge in [0.15, 0.2) is 0 Å². The summed E-state index contributed by atoms with van der Waals surface area (Å²) >= 11 is 0. The molecule has 0 radical (unpaired) electrons. The molecule has 3 rings (SSSR count). The standard InChI is InChI=1S/C18H22N2O/c1-18(2,3)17-19-15(11-16(21)20-17)14-9-7-13(8-10-14)12-5-4-6-12/h7-12H,4-6H2,1-3H3,(H,19,20,21). The third-order valence-electron chi connectivity index (χ3n) is 4.24. The van der Waals surface area contributed by atoms with Gasteiger partial charge < -0.3 is 4.98 Å². The number of hydrogen-bond acceptors (Lipinski definition) is 2. The van der Waals surface area contributed by atoms with Crippen LogP contribution in [-0.2, 0) is 5.41 Å². The molecule has 1 saturated carbocycles. The smallest absolute Gasteiger partial charge is 0.251 e. The van der Waals surface area contributed by atoms with Crippen LogP contribution in [0.2, 0.25) is 0 Å². The van der Waals surface area contributed by atoms with Crippen LogP contribution in [0.25, 0.3) is 11.3 Å². The third kappa shape index (κ3) is 2.92. The SMILES string of the molecule is CC(C)(C)c1nc(-c2ccc(C3CCC3)cc2)cc(=O)[nH]1. The van der Waals surface area contributed by atoms with E-state index in [1.807, 2.05) is 0 Å². The summed E-state index contributed by atoms with van der Waals surface area (Å²) in [6.45, 7) is 6.15. The molecule has 0 atom stereocenters. The maximum absolute atomic E-state index is 11.9. The van der Waals surface area contributed by atoms with Crippen LogP contribution in [0.1, 0.15) is 57.3 Å². The van der Waals surface area contributed by atoms with Crippen LogP contribution < -0.4 is 5.56 Å². The topological polar surface area (TPSA) is 45.8 Å². The van der Waals surface area contributed by atoms with Crippen molar-refractivity contribution in [1.82, 2.24) is 9.97 Å². The minimum absolute atomic E-state index is 0.0898. The second-order valence-corrected chi connectivity index (χ2v) is 6.98. The number of benzene rings is 1. The zero-order chi connectivity index (χ0) is 15.0. The molecule has 3 heteroatoms. The Bertz CT molecular complexity index is 688. The molecule has 0 spiro atoms. The van der Waals surface area contributed by atoms with E-state index in [9.17, 15) is 4.79 Å². The molecule has 1 aromatic heterocycles. The molecule has 1 heterocycles. The summed E-state index contributed by atoms with van der Waals surface area (Å²) in [5.41, 5.74) is 2.92. The van der Waals surface area contributed by atoms with Gasteiger partial charge in [-0.15, -0.1) is 0 Å². The summed E-state index contributed by atoms with van der Waals surface area (Å²) in [4.78, 5) is 19.3. The third-order valence-corrected chi connectivity index (χ3v) is 4.24. The maximum atomic E-state index is 11.9. The lowest BCUT2D eigenvalue weighted by Crippen LogP contribution is -2.21. The fraction of sp³-hybridized carbons (Fsp3) is 0.444. The Morgan fingerprint density at radius 1 is 1.14 bits per heavy atom. The van der Waals surface area contributed by atoms with Gasteiger partial charge in [-0.2, -0.15) is 0 Å². The van der Waals surface area contributed by atoms with E-state index in [2.05, 4.69) is 55.0 Å². The first-order valence-corrected chi connectivity index (χ1v) is 7.66. The highest BCUT2D eigenvalue weighted by atomic mass is 16.1. The lowest BCUT2D eigenvalue weighted by atomic mass is 9.80. The molecule has 3 nitrogen and oxygen atoms in total. The molecule has 0 amide bonds. The fourth-order valence-electron chi connectivity index (χ4n) is 2.63. The quantitative estimate of drug-likeness (QED) is 0.904. The summed E-state index contributed by atoms with van der Waals surface area (Å²) in [7, 11) is 0. The first-order valence-electron chi connectivity index (χ1n) is 7.66. The summed E-state index contributed by atoms with van der Waals surface area (Å²) in [6, 6.07) is 10.1. The van der Waals surface area contributed by atoms with Crippen LogP contribution in [-0.4, -0.2) is 9.97 Å². The van der Waals surface area contributed by atoms with Crippen molar-refractivity contribution in [3.63, 3.8) is 0 Å². The van der Waals surface area contributed by atoms with Crippen LogP contribution in [0.15, 0.2) is 35.1 Å². The molecule has 110 valence electrons. The van der Waals surface area contributed by atoms with Gasteiger partial charge in [-0.1, -0.05) is 51.5 Å². The number of rotatable bonds is 2. The highest BCUT2D eigenvalue weighted by molar-refractivity contribution is 5.59. The summed E-state index contributed by atoms with van der Waals surface area (Å²) in [5.74, 6) is 1.46. The summed E-state index contributed by atoms with van der Waals surface area (Å²) in [5, 5.41) is 0. The van der Waals surface area contributed by atoms with Crippen molar-refractivity contribution < 1.29 is 0 Å². The van der Waals surface area contributed by atoms with Gasteiger partial charge >= 0.3 is 0 Å². The molecular formula is C18H22N2O. The van der Waals surface area contributed by atoms with Crippen molar-refractivity contribution in [2.75, 3.05) is 0 Å². The molecule has 1 N–H and O–H groups in total. The molecule has 0 aliphatic heterocycles. The predicted octanol–water partition coefficient (Wildman–Crippen LogP) is 4.00. The van der Waals surface area contributed by atoms with Gasteiger partial charge in [-0.25, -0.2) is 4.98 Å². The van der Waals surface area contributed by atoms with E-state index in [-0.39, 0.29) is 11.0 Å². The second kappa shape index (κ2) is 5.14. The molecule has 21 heavy (non-hydrogen) atoms. The van der Waals surface area contributed by atoms with Gasteiger partial charge in [0, 0.05) is 17.0 Å². The summed E-state index contributed by atoms with van der Waals surface area (Å²) in [6.07, 6.45) is 3.95. The van der Waals surface area contributed by atoms with Gasteiger partial charge in [0.1, 0.15) is 5.82 Å². The molecule has 0 saturated heterocycles. The van der Waals surface area contributed by atoms with Crippen molar-refractivity contribution in [3.8, 4) is 11.3 Å². The highest BCUT2D eigenvalue weighted by Crippen LogP contribution is 2.36. The van der Waals surface area contributed by atoms with Crippen LogP contribution in [0.4, 0.5) is 0 Å². The number of aromatic nitrogens is 2. The van der Waals surface area contributed by atoms with Gasteiger partial charge in [0.2, 0.25) is 0 Å². The maximum Gasteiger partial charge on any atom is 0.251 e. The number of aromatic amines is 1. The number of nitrogens with zero attached hydrogens (tertiary/aromatic N) is 1. The van der Waals surface area contributed by atoms with Gasteiger partial charge in [-0.05, 0) is 24.3 Å². The first-order chi connectivity index (χ1) is 9.93. The lowest BCUT2D eigenvalue weighted by Gasteiger charge is -2.25. The molecule has 0 bridgehead atoms. The Hall–Kier alpha value is -1.90. The van der Waals surface area contributed by atoms with Crippen molar-refractivity contribution in [1.29, 1.82) is 0 Å². The molecular weight excluding hydrogens is 260 g/mol. The molecule has 0 unspecified atom stereocenters. The molecule has 1 fully saturated rings. The Kier molecular flexibility index (Phi) is 3.44. The van der Waals surface area contributed by atoms with Crippen molar-refractivity contribution in [2.45, 2.75) is 51.4 Å². The van der Waals surface area contributed by atoms with Crippen LogP contribution >= 0.6 is 0 Å². The van der Waals surface area contributed by atoms with Crippen molar-refractivity contribution in [2.24, 2.45) is 0 Å². The Balaban J connectivity index is 1.96. The summed E-state index contributed by atoms with van der Waals surface area (Å²) < 4.78 is 0. The number of hydrogen-bond donors (Lipinski definition) is 1. The average molecular weight is 282 g/mol. The van der Waals surface area contributed by atoms with E-state index in [1.54, 1.807) is 6.07 Å². The van der Waals surface area contributed by atoms with Crippen LogP contribution in [0.3, 0.4) is 0 Å². The van der Waals surface area contributed by atoms with E-state index in [0.717, 1.165) is 23.0 Å². The molecule has 1 aliphatic carbocycles.